The lowest BCUT2D eigenvalue weighted by atomic mass is 10.00. The first-order valence-electron chi connectivity index (χ1n) is 11.1. The van der Waals surface area contributed by atoms with Crippen molar-refractivity contribution in [1.82, 2.24) is 15.1 Å². The van der Waals surface area contributed by atoms with Gasteiger partial charge in [0.25, 0.3) is 0 Å². The van der Waals surface area contributed by atoms with Crippen LogP contribution >= 0.6 is 0 Å². The maximum atomic E-state index is 13.8. The molecular formula is C24H29F2N5O2. The van der Waals surface area contributed by atoms with Gasteiger partial charge in [-0.15, -0.1) is 0 Å². The van der Waals surface area contributed by atoms with Crippen LogP contribution in [0.3, 0.4) is 0 Å². The van der Waals surface area contributed by atoms with Crippen LogP contribution in [0, 0.1) is 11.6 Å². The third-order valence-electron chi connectivity index (χ3n) is 6.44. The molecule has 0 spiro atoms. The second-order valence-electron chi connectivity index (χ2n) is 8.70. The van der Waals surface area contributed by atoms with Crippen molar-refractivity contribution >= 4 is 23.2 Å². The molecule has 0 saturated carbocycles. The maximum absolute atomic E-state index is 13.8. The Balaban J connectivity index is 1.46. The van der Waals surface area contributed by atoms with Crippen LogP contribution < -0.4 is 15.5 Å². The smallest absolute Gasteiger partial charge is 0.313 e. The second kappa shape index (κ2) is 9.84. The summed E-state index contributed by atoms with van der Waals surface area (Å²) in [4.78, 5) is 31.6. The van der Waals surface area contributed by atoms with Crippen molar-refractivity contribution in [3.63, 3.8) is 0 Å². The normalized spacial score (nSPS) is 17.5. The van der Waals surface area contributed by atoms with Crippen LogP contribution in [0.1, 0.15) is 17.2 Å². The van der Waals surface area contributed by atoms with E-state index in [0.717, 1.165) is 56.8 Å². The average molecular weight is 458 g/mol. The zero-order chi connectivity index (χ0) is 23.5. The first-order chi connectivity index (χ1) is 15.8. The first kappa shape index (κ1) is 23.1. The maximum Gasteiger partial charge on any atom is 0.313 e. The molecule has 2 aliphatic heterocycles. The first-order valence-corrected chi connectivity index (χ1v) is 11.1. The van der Waals surface area contributed by atoms with Crippen molar-refractivity contribution in [3.05, 3.63) is 59.2 Å². The minimum atomic E-state index is -0.992. The summed E-state index contributed by atoms with van der Waals surface area (Å²) in [5.41, 5.74) is 3.36. The van der Waals surface area contributed by atoms with Gasteiger partial charge in [0.05, 0.1) is 11.7 Å². The standard InChI is InChI=1S/C24H29F2N5O2/c1-29-9-11-31(12-10-29)22(16-3-6-21-17(13-16)7-8-30(21)2)15-27-23(32)24(33)28-20-5-4-18(25)14-19(20)26/h3-6,13-14,22H,7-12,15H2,1-2H3,(H,27,32)(H,28,33). The fourth-order valence-corrected chi connectivity index (χ4v) is 4.42. The summed E-state index contributed by atoms with van der Waals surface area (Å²) in [5, 5.41) is 4.91. The van der Waals surface area contributed by atoms with Crippen LogP contribution in [0.2, 0.25) is 0 Å². The third kappa shape index (κ3) is 5.31. The van der Waals surface area contributed by atoms with Crippen LogP contribution in [0.5, 0.6) is 0 Å². The molecule has 4 rings (SSSR count). The van der Waals surface area contributed by atoms with Crippen LogP contribution in [-0.2, 0) is 16.0 Å². The molecule has 0 bridgehead atoms. The molecule has 176 valence electrons. The van der Waals surface area contributed by atoms with E-state index >= 15 is 0 Å². The van der Waals surface area contributed by atoms with E-state index in [1.165, 1.54) is 11.3 Å². The summed E-state index contributed by atoms with van der Waals surface area (Å²) >= 11 is 0. The predicted octanol–water partition coefficient (Wildman–Crippen LogP) is 2.00. The van der Waals surface area contributed by atoms with Gasteiger partial charge < -0.3 is 20.4 Å². The Morgan fingerprint density at radius 3 is 2.45 bits per heavy atom. The van der Waals surface area contributed by atoms with Gasteiger partial charge in [-0.2, -0.15) is 0 Å². The number of hydrogen-bond acceptors (Lipinski definition) is 5. The highest BCUT2D eigenvalue weighted by molar-refractivity contribution is 6.39. The van der Waals surface area contributed by atoms with Gasteiger partial charge in [-0.05, 0) is 42.8 Å². The lowest BCUT2D eigenvalue weighted by Crippen LogP contribution is -2.49. The van der Waals surface area contributed by atoms with Crippen LogP contribution in [0.25, 0.3) is 0 Å². The van der Waals surface area contributed by atoms with Gasteiger partial charge in [-0.1, -0.05) is 12.1 Å². The summed E-state index contributed by atoms with van der Waals surface area (Å²) in [6, 6.07) is 9.07. The molecule has 2 heterocycles. The molecule has 1 saturated heterocycles. The fraction of sp³-hybridized carbons (Fsp3) is 0.417. The van der Waals surface area contributed by atoms with E-state index < -0.39 is 23.4 Å². The Labute approximate surface area is 192 Å². The van der Waals surface area contributed by atoms with E-state index in [2.05, 4.69) is 57.6 Å². The summed E-state index contributed by atoms with van der Waals surface area (Å²) in [7, 11) is 4.16. The number of nitrogens with zero attached hydrogens (tertiary/aromatic N) is 3. The SMILES string of the molecule is CN1CCN(C(CNC(=O)C(=O)Nc2ccc(F)cc2F)c2ccc3c(c2)CCN3C)CC1. The molecule has 1 atom stereocenters. The molecule has 2 amide bonds. The highest BCUT2D eigenvalue weighted by atomic mass is 19.1. The molecule has 0 aliphatic carbocycles. The largest absolute Gasteiger partial charge is 0.374 e. The molecule has 0 radical (unpaired) electrons. The number of likely N-dealkylation sites (N-methyl/N-ethyl adjacent to an activating group) is 2. The lowest BCUT2D eigenvalue weighted by Gasteiger charge is -2.38. The number of fused-ring (bicyclic) bond motifs is 1. The van der Waals surface area contributed by atoms with Crippen molar-refractivity contribution in [1.29, 1.82) is 0 Å². The van der Waals surface area contributed by atoms with Crippen molar-refractivity contribution in [3.8, 4) is 0 Å². The number of rotatable bonds is 5. The monoisotopic (exact) mass is 457 g/mol. The van der Waals surface area contributed by atoms with Gasteiger partial charge in [0.1, 0.15) is 11.6 Å². The minimum Gasteiger partial charge on any atom is -0.374 e. The number of carbonyl (C=O) groups excluding carboxylic acids is 2. The Kier molecular flexibility index (Phi) is 6.90. The summed E-state index contributed by atoms with van der Waals surface area (Å²) < 4.78 is 26.9. The Morgan fingerprint density at radius 2 is 1.73 bits per heavy atom. The van der Waals surface area contributed by atoms with Gasteiger partial charge in [0.15, 0.2) is 0 Å². The highest BCUT2D eigenvalue weighted by Crippen LogP contribution is 2.31. The van der Waals surface area contributed by atoms with Crippen molar-refractivity contribution in [2.75, 3.05) is 63.6 Å². The molecule has 0 aromatic heterocycles. The number of halogens is 2. The van der Waals surface area contributed by atoms with Gasteiger partial charge in [0, 0.05) is 58.1 Å². The van der Waals surface area contributed by atoms with Gasteiger partial charge in [-0.25, -0.2) is 8.78 Å². The number of hydrogen-bond donors (Lipinski definition) is 2. The highest BCUT2D eigenvalue weighted by Gasteiger charge is 2.27. The number of benzene rings is 2. The molecule has 2 aliphatic rings. The zero-order valence-electron chi connectivity index (χ0n) is 18.9. The Hall–Kier alpha value is -3.04. The molecule has 1 fully saturated rings. The molecular weight excluding hydrogens is 428 g/mol. The lowest BCUT2D eigenvalue weighted by molar-refractivity contribution is -0.136. The summed E-state index contributed by atoms with van der Waals surface area (Å²) in [6.45, 7) is 4.76. The summed E-state index contributed by atoms with van der Waals surface area (Å²) in [5.74, 6) is -3.55. The summed E-state index contributed by atoms with van der Waals surface area (Å²) in [6.07, 6.45) is 0.979. The van der Waals surface area contributed by atoms with Crippen LogP contribution in [0.4, 0.5) is 20.2 Å². The van der Waals surface area contributed by atoms with Gasteiger partial charge >= 0.3 is 11.8 Å². The number of piperazine rings is 1. The number of amides is 2. The minimum absolute atomic E-state index is 0.0887. The second-order valence-corrected chi connectivity index (χ2v) is 8.70. The molecule has 2 aromatic carbocycles. The number of anilines is 2. The predicted molar refractivity (Wildman–Crippen MR) is 123 cm³/mol. The number of nitrogens with one attached hydrogen (secondary N) is 2. The molecule has 7 nitrogen and oxygen atoms in total. The van der Waals surface area contributed by atoms with Crippen molar-refractivity contribution in [2.45, 2.75) is 12.5 Å². The molecule has 1 unspecified atom stereocenters. The van der Waals surface area contributed by atoms with E-state index in [1.54, 1.807) is 0 Å². The quantitative estimate of drug-likeness (QED) is 0.673. The molecule has 2 N–H and O–H groups in total. The van der Waals surface area contributed by atoms with Crippen molar-refractivity contribution < 1.29 is 18.4 Å². The third-order valence-corrected chi connectivity index (χ3v) is 6.44. The fourth-order valence-electron chi connectivity index (χ4n) is 4.42. The molecule has 33 heavy (non-hydrogen) atoms. The van der Waals surface area contributed by atoms with Crippen LogP contribution in [0.15, 0.2) is 36.4 Å². The zero-order valence-corrected chi connectivity index (χ0v) is 18.9. The Morgan fingerprint density at radius 1 is 0.970 bits per heavy atom. The van der Waals surface area contributed by atoms with E-state index in [0.29, 0.717) is 6.07 Å². The van der Waals surface area contributed by atoms with E-state index in [4.69, 9.17) is 0 Å². The van der Waals surface area contributed by atoms with E-state index in [9.17, 15) is 18.4 Å². The van der Waals surface area contributed by atoms with Gasteiger partial charge in [0.2, 0.25) is 0 Å². The average Bonchev–Trinajstić information content (AvgIpc) is 3.17. The van der Waals surface area contributed by atoms with E-state index in [-0.39, 0.29) is 18.3 Å². The number of carbonyl (C=O) groups is 2. The molecule has 2 aromatic rings. The van der Waals surface area contributed by atoms with Gasteiger partial charge in [-0.3, -0.25) is 14.5 Å². The van der Waals surface area contributed by atoms with Crippen molar-refractivity contribution in [2.24, 2.45) is 0 Å². The van der Waals surface area contributed by atoms with Crippen LogP contribution in [-0.4, -0.2) is 75.0 Å². The molecule has 9 heteroatoms. The van der Waals surface area contributed by atoms with E-state index in [1.807, 2.05) is 0 Å². The Bertz CT molecular complexity index is 1040. The topological polar surface area (TPSA) is 67.9 Å².